The predicted molar refractivity (Wildman–Crippen MR) is 78.3 cm³/mol. The number of aromatic amines is 2. The van der Waals surface area contributed by atoms with Crippen LogP contribution < -0.4 is 11.0 Å². The highest BCUT2D eigenvalue weighted by atomic mass is 16.3. The lowest BCUT2D eigenvalue weighted by Gasteiger charge is -1.99. The molecule has 0 aliphatic heterocycles. The number of aryl methyl sites for hydroxylation is 1. The normalized spacial score (nSPS) is 10.9. The van der Waals surface area contributed by atoms with Gasteiger partial charge in [0.15, 0.2) is 0 Å². The fraction of sp³-hybridized carbons (Fsp3) is 0.214. The number of hydrogen-bond donors (Lipinski definition) is 4. The van der Waals surface area contributed by atoms with Crippen LogP contribution in [0, 0.1) is 6.92 Å². The van der Waals surface area contributed by atoms with E-state index in [0.717, 1.165) is 5.69 Å². The molecule has 0 aliphatic carbocycles. The summed E-state index contributed by atoms with van der Waals surface area (Å²) in [5, 5.41) is 18.3. The first kappa shape index (κ1) is 14.6. The van der Waals surface area contributed by atoms with Gasteiger partial charge in [-0.15, -0.1) is 0 Å². The van der Waals surface area contributed by atoms with Crippen molar-refractivity contribution in [3.05, 3.63) is 51.4 Å². The second kappa shape index (κ2) is 6.56. The summed E-state index contributed by atoms with van der Waals surface area (Å²) in [6.45, 7) is 1.77. The molecule has 4 N–H and O–H groups in total. The van der Waals surface area contributed by atoms with E-state index >= 15 is 0 Å². The Balaban J connectivity index is 1.84. The number of hydrazone groups is 1. The molecule has 0 aliphatic rings. The summed E-state index contributed by atoms with van der Waals surface area (Å²) in [5.41, 5.74) is 4.15. The van der Waals surface area contributed by atoms with E-state index in [4.69, 9.17) is 0 Å². The van der Waals surface area contributed by atoms with E-state index in [1.807, 2.05) is 0 Å². The Bertz CT molecular complexity index is 715. The molecule has 21 heavy (non-hydrogen) atoms. The fourth-order valence-electron chi connectivity index (χ4n) is 1.85. The summed E-state index contributed by atoms with van der Waals surface area (Å²) < 4.78 is 0. The Kier molecular flexibility index (Phi) is 4.55. The maximum atomic E-state index is 11.6. The van der Waals surface area contributed by atoms with Crippen LogP contribution >= 0.6 is 0 Å². The molecule has 7 heteroatoms. The minimum Gasteiger partial charge on any atom is -0.508 e. The van der Waals surface area contributed by atoms with Gasteiger partial charge in [0, 0.05) is 17.7 Å². The van der Waals surface area contributed by atoms with Gasteiger partial charge >= 0.3 is 0 Å². The Hall–Kier alpha value is -2.83. The molecule has 0 spiro atoms. The van der Waals surface area contributed by atoms with Crippen molar-refractivity contribution in [3.8, 4) is 5.75 Å². The van der Waals surface area contributed by atoms with Crippen LogP contribution in [0.25, 0.3) is 0 Å². The van der Waals surface area contributed by atoms with E-state index in [1.54, 1.807) is 25.1 Å². The van der Waals surface area contributed by atoms with Crippen LogP contribution in [0.15, 0.2) is 34.2 Å². The summed E-state index contributed by atoms with van der Waals surface area (Å²) in [4.78, 5) is 23.0. The number of carbonyl (C=O) groups is 1. The molecule has 0 saturated carbocycles. The minimum absolute atomic E-state index is 0.132. The van der Waals surface area contributed by atoms with Crippen molar-refractivity contribution in [2.75, 3.05) is 0 Å². The first-order valence-electron chi connectivity index (χ1n) is 6.43. The van der Waals surface area contributed by atoms with Crippen LogP contribution in [-0.4, -0.2) is 27.4 Å². The van der Waals surface area contributed by atoms with Crippen LogP contribution in [0.1, 0.15) is 23.2 Å². The number of nitrogens with one attached hydrogen (secondary N) is 3. The zero-order chi connectivity index (χ0) is 15.2. The Morgan fingerprint density at radius 2 is 2.24 bits per heavy atom. The van der Waals surface area contributed by atoms with Gasteiger partial charge in [-0.2, -0.15) is 5.10 Å². The maximum Gasteiger partial charge on any atom is 0.267 e. The number of rotatable bonds is 5. The fourth-order valence-corrected chi connectivity index (χ4v) is 1.85. The van der Waals surface area contributed by atoms with Crippen molar-refractivity contribution in [3.63, 3.8) is 0 Å². The standard InChI is InChI=1S/C14H16N4O3/c1-9-12(14(21)18-16-9)5-6-13(20)17-15-8-10-3-2-4-11(19)7-10/h2-4,7-8,19H,5-6H2,1H3,(H,17,20)(H2,16,18,21)/b15-8-. The second-order valence-electron chi connectivity index (χ2n) is 4.57. The minimum atomic E-state index is -0.286. The topological polar surface area (TPSA) is 110 Å². The van der Waals surface area contributed by atoms with Crippen molar-refractivity contribution in [1.82, 2.24) is 15.6 Å². The molecular formula is C14H16N4O3. The number of nitrogens with zero attached hydrogens (tertiary/aromatic N) is 1. The average molecular weight is 288 g/mol. The highest BCUT2D eigenvalue weighted by Crippen LogP contribution is 2.08. The molecule has 0 radical (unpaired) electrons. The monoisotopic (exact) mass is 288 g/mol. The third-order valence-corrected chi connectivity index (χ3v) is 2.97. The van der Waals surface area contributed by atoms with E-state index in [1.165, 1.54) is 12.3 Å². The van der Waals surface area contributed by atoms with Crippen molar-refractivity contribution in [2.45, 2.75) is 19.8 Å². The smallest absolute Gasteiger partial charge is 0.267 e. The number of hydrogen-bond acceptors (Lipinski definition) is 4. The largest absolute Gasteiger partial charge is 0.508 e. The van der Waals surface area contributed by atoms with Gasteiger partial charge in [0.25, 0.3) is 5.56 Å². The number of phenols is 1. The molecule has 0 atom stereocenters. The Morgan fingerprint density at radius 3 is 2.90 bits per heavy atom. The highest BCUT2D eigenvalue weighted by molar-refractivity contribution is 5.82. The summed E-state index contributed by atoms with van der Waals surface area (Å²) in [6.07, 6.45) is 1.95. The molecule has 1 amide bonds. The van der Waals surface area contributed by atoms with Crippen LogP contribution in [0.2, 0.25) is 0 Å². The van der Waals surface area contributed by atoms with E-state index < -0.39 is 0 Å². The molecule has 7 nitrogen and oxygen atoms in total. The number of aromatic hydroxyl groups is 1. The molecule has 0 bridgehead atoms. The van der Waals surface area contributed by atoms with Crippen molar-refractivity contribution >= 4 is 12.1 Å². The number of carbonyl (C=O) groups excluding carboxylic acids is 1. The van der Waals surface area contributed by atoms with Crippen LogP contribution in [0.4, 0.5) is 0 Å². The second-order valence-corrected chi connectivity index (χ2v) is 4.57. The Morgan fingerprint density at radius 1 is 1.43 bits per heavy atom. The lowest BCUT2D eigenvalue weighted by molar-refractivity contribution is -0.121. The van der Waals surface area contributed by atoms with Crippen molar-refractivity contribution in [2.24, 2.45) is 5.10 Å². The summed E-state index contributed by atoms with van der Waals surface area (Å²) in [5.74, 6) is -0.154. The van der Waals surface area contributed by atoms with Gasteiger partial charge in [-0.05, 0) is 31.0 Å². The van der Waals surface area contributed by atoms with E-state index in [0.29, 0.717) is 17.5 Å². The molecule has 0 saturated heterocycles. The zero-order valence-electron chi connectivity index (χ0n) is 11.5. The molecule has 2 rings (SSSR count). The zero-order valence-corrected chi connectivity index (χ0v) is 11.5. The number of aromatic nitrogens is 2. The molecule has 2 aromatic rings. The first-order chi connectivity index (χ1) is 10.1. The lowest BCUT2D eigenvalue weighted by Crippen LogP contribution is -2.19. The van der Waals surface area contributed by atoms with Crippen LogP contribution in [-0.2, 0) is 11.2 Å². The summed E-state index contributed by atoms with van der Waals surface area (Å²) in [7, 11) is 0. The Labute approximate surface area is 120 Å². The predicted octanol–water partition coefficient (Wildman–Crippen LogP) is 0.800. The van der Waals surface area contributed by atoms with Gasteiger partial charge < -0.3 is 10.2 Å². The van der Waals surface area contributed by atoms with E-state index in [-0.39, 0.29) is 23.6 Å². The molecule has 1 aromatic heterocycles. The van der Waals surface area contributed by atoms with Gasteiger partial charge in [-0.1, -0.05) is 12.1 Å². The van der Waals surface area contributed by atoms with Crippen LogP contribution in [0.5, 0.6) is 5.75 Å². The van der Waals surface area contributed by atoms with Crippen LogP contribution in [0.3, 0.4) is 0 Å². The summed E-state index contributed by atoms with van der Waals surface area (Å²) in [6, 6.07) is 6.50. The lowest BCUT2D eigenvalue weighted by atomic mass is 10.1. The van der Waals surface area contributed by atoms with Gasteiger partial charge in [0.2, 0.25) is 5.91 Å². The number of phenolic OH excluding ortho intramolecular Hbond substituents is 1. The molecule has 1 aromatic carbocycles. The quantitative estimate of drug-likeness (QED) is 0.482. The van der Waals surface area contributed by atoms with Gasteiger partial charge in [-0.25, -0.2) is 5.43 Å². The van der Waals surface area contributed by atoms with E-state index in [2.05, 4.69) is 20.7 Å². The maximum absolute atomic E-state index is 11.6. The van der Waals surface area contributed by atoms with Crippen molar-refractivity contribution in [1.29, 1.82) is 0 Å². The summed E-state index contributed by atoms with van der Waals surface area (Å²) >= 11 is 0. The number of H-pyrrole nitrogens is 2. The highest BCUT2D eigenvalue weighted by Gasteiger charge is 2.08. The number of amides is 1. The SMILES string of the molecule is Cc1[nH][nH]c(=O)c1CCC(=O)N/N=C\c1cccc(O)c1. The van der Waals surface area contributed by atoms with Gasteiger partial charge in [0.05, 0.1) is 6.21 Å². The molecule has 0 fully saturated rings. The molecule has 1 heterocycles. The third kappa shape index (κ3) is 4.07. The third-order valence-electron chi connectivity index (χ3n) is 2.97. The number of benzene rings is 1. The average Bonchev–Trinajstić information content (AvgIpc) is 2.76. The van der Waals surface area contributed by atoms with Crippen molar-refractivity contribution < 1.29 is 9.90 Å². The molecule has 110 valence electrons. The molecule has 0 unspecified atom stereocenters. The van der Waals surface area contributed by atoms with Gasteiger partial charge in [0.1, 0.15) is 5.75 Å². The molecular weight excluding hydrogens is 272 g/mol. The van der Waals surface area contributed by atoms with Gasteiger partial charge in [-0.3, -0.25) is 14.7 Å². The van der Waals surface area contributed by atoms with E-state index in [9.17, 15) is 14.7 Å². The first-order valence-corrected chi connectivity index (χ1v) is 6.43.